The average molecular weight is 498 g/mol. The number of amides is 1. The number of sulfonamides is 1. The Labute approximate surface area is 205 Å². The number of hydrogen-bond acceptors (Lipinski definition) is 6. The molecular formula is C25H31N5O4S. The maximum Gasteiger partial charge on any atom is 0.269 e. The molecule has 9 nitrogen and oxygen atoms in total. The van der Waals surface area contributed by atoms with E-state index in [0.29, 0.717) is 42.9 Å². The van der Waals surface area contributed by atoms with E-state index in [1.165, 1.54) is 21.1 Å². The van der Waals surface area contributed by atoms with Crippen molar-refractivity contribution in [2.75, 3.05) is 36.4 Å². The fourth-order valence-electron chi connectivity index (χ4n) is 4.48. The van der Waals surface area contributed by atoms with Gasteiger partial charge in [0.1, 0.15) is 6.54 Å². The maximum atomic E-state index is 13.3. The van der Waals surface area contributed by atoms with Crippen LogP contribution in [0.2, 0.25) is 0 Å². The minimum absolute atomic E-state index is 0.150. The number of benzene rings is 2. The fraction of sp³-hybridized carbons (Fsp3) is 0.400. The van der Waals surface area contributed by atoms with E-state index < -0.39 is 15.9 Å². The molecule has 0 saturated carbocycles. The summed E-state index contributed by atoms with van der Waals surface area (Å²) < 4.78 is 29.4. The lowest BCUT2D eigenvalue weighted by Gasteiger charge is -2.28. The number of piperidine rings is 1. The number of nitrogens with one attached hydrogen (secondary N) is 1. The lowest BCUT2D eigenvalue weighted by Crippen LogP contribution is -2.35. The largest absolute Gasteiger partial charge is 0.370 e. The lowest BCUT2D eigenvalue weighted by molar-refractivity contribution is -0.116. The normalized spacial score (nSPS) is 14.7. The number of anilines is 2. The number of para-hydroxylation sites is 2. The monoisotopic (exact) mass is 497 g/mol. The minimum atomic E-state index is -3.67. The van der Waals surface area contributed by atoms with Crippen LogP contribution in [0, 0.1) is 0 Å². The highest BCUT2D eigenvalue weighted by Crippen LogP contribution is 2.31. The summed E-state index contributed by atoms with van der Waals surface area (Å²) in [5, 5.41) is 2.87. The third-order valence-electron chi connectivity index (χ3n) is 6.35. The van der Waals surface area contributed by atoms with Crippen LogP contribution in [0.25, 0.3) is 11.0 Å². The summed E-state index contributed by atoms with van der Waals surface area (Å²) in [5.41, 5.74) is 1.92. The summed E-state index contributed by atoms with van der Waals surface area (Å²) in [4.78, 5) is 31.9. The van der Waals surface area contributed by atoms with Crippen LogP contribution in [-0.4, -0.2) is 54.4 Å². The van der Waals surface area contributed by atoms with Crippen molar-refractivity contribution in [3.8, 4) is 0 Å². The minimum Gasteiger partial charge on any atom is -0.370 e. The Morgan fingerprint density at radius 2 is 1.77 bits per heavy atom. The number of carbonyl (C=O) groups excluding carboxylic acids is 1. The van der Waals surface area contributed by atoms with Gasteiger partial charge in [0.15, 0.2) is 0 Å². The molecule has 0 bridgehead atoms. The van der Waals surface area contributed by atoms with Gasteiger partial charge < -0.3 is 10.2 Å². The first-order valence-corrected chi connectivity index (χ1v) is 13.4. The molecule has 0 aliphatic carbocycles. The van der Waals surface area contributed by atoms with Crippen LogP contribution in [-0.2, 0) is 21.4 Å². The van der Waals surface area contributed by atoms with Crippen LogP contribution in [0.1, 0.15) is 33.1 Å². The molecule has 2 aromatic carbocycles. The van der Waals surface area contributed by atoms with Gasteiger partial charge in [-0.05, 0) is 57.0 Å². The topological polar surface area (TPSA) is 105 Å². The van der Waals surface area contributed by atoms with Crippen molar-refractivity contribution < 1.29 is 13.2 Å². The molecule has 2 heterocycles. The van der Waals surface area contributed by atoms with Crippen LogP contribution in [0.5, 0.6) is 0 Å². The van der Waals surface area contributed by atoms with Crippen LogP contribution in [0.3, 0.4) is 0 Å². The van der Waals surface area contributed by atoms with Gasteiger partial charge in [-0.1, -0.05) is 18.6 Å². The highest BCUT2D eigenvalue weighted by atomic mass is 32.2. The number of rotatable bonds is 8. The third kappa shape index (κ3) is 5.23. The first-order valence-electron chi connectivity index (χ1n) is 12.0. The Morgan fingerprint density at radius 1 is 1.06 bits per heavy atom. The number of nitrogens with zero attached hydrogens (tertiary/aromatic N) is 4. The summed E-state index contributed by atoms with van der Waals surface area (Å²) in [7, 11) is -3.67. The van der Waals surface area contributed by atoms with E-state index in [1.807, 2.05) is 24.8 Å². The Bertz CT molecular complexity index is 1380. The molecule has 0 unspecified atom stereocenters. The van der Waals surface area contributed by atoms with Gasteiger partial charge in [0, 0.05) is 26.2 Å². The predicted octanol–water partition coefficient (Wildman–Crippen LogP) is 3.06. The van der Waals surface area contributed by atoms with E-state index in [-0.39, 0.29) is 17.0 Å². The predicted molar refractivity (Wildman–Crippen MR) is 137 cm³/mol. The molecule has 0 atom stereocenters. The smallest absolute Gasteiger partial charge is 0.269 e. The molecule has 1 saturated heterocycles. The second-order valence-corrected chi connectivity index (χ2v) is 10.5. The van der Waals surface area contributed by atoms with Gasteiger partial charge in [-0.2, -0.15) is 4.31 Å². The van der Waals surface area contributed by atoms with E-state index in [0.717, 1.165) is 24.9 Å². The van der Waals surface area contributed by atoms with E-state index in [1.54, 1.807) is 30.3 Å². The molecular weight excluding hydrogens is 466 g/mol. The molecule has 3 aromatic rings. The molecule has 1 aliphatic heterocycles. The van der Waals surface area contributed by atoms with Crippen LogP contribution in [0.15, 0.2) is 58.4 Å². The second-order valence-electron chi connectivity index (χ2n) is 8.54. The lowest BCUT2D eigenvalue weighted by atomic mass is 10.2. The molecule has 10 heteroatoms. The summed E-state index contributed by atoms with van der Waals surface area (Å²) >= 11 is 0. The maximum absolute atomic E-state index is 13.3. The summed E-state index contributed by atoms with van der Waals surface area (Å²) in [6.07, 6.45) is 3.91. The molecule has 186 valence electrons. The molecule has 1 aliphatic rings. The first-order chi connectivity index (χ1) is 16.8. The van der Waals surface area contributed by atoms with E-state index in [4.69, 9.17) is 0 Å². The highest BCUT2D eigenvalue weighted by molar-refractivity contribution is 7.89. The van der Waals surface area contributed by atoms with E-state index >= 15 is 0 Å². The molecule has 4 rings (SSSR count). The van der Waals surface area contributed by atoms with Crippen molar-refractivity contribution in [1.82, 2.24) is 13.9 Å². The average Bonchev–Trinajstić information content (AvgIpc) is 2.87. The Kier molecular flexibility index (Phi) is 7.51. The summed E-state index contributed by atoms with van der Waals surface area (Å²) in [6, 6.07) is 12.0. The van der Waals surface area contributed by atoms with Gasteiger partial charge in [0.2, 0.25) is 15.9 Å². The third-order valence-corrected chi connectivity index (χ3v) is 8.25. The van der Waals surface area contributed by atoms with Gasteiger partial charge in [-0.15, -0.1) is 0 Å². The number of carbonyl (C=O) groups is 1. The quantitative estimate of drug-likeness (QED) is 0.513. The Morgan fingerprint density at radius 3 is 2.49 bits per heavy atom. The molecule has 1 N–H and O–H groups in total. The fourth-order valence-corrected chi connectivity index (χ4v) is 6.03. The highest BCUT2D eigenvalue weighted by Gasteiger charge is 2.27. The van der Waals surface area contributed by atoms with Crippen LogP contribution < -0.4 is 15.8 Å². The van der Waals surface area contributed by atoms with Crippen LogP contribution >= 0.6 is 0 Å². The molecule has 1 fully saturated rings. The summed E-state index contributed by atoms with van der Waals surface area (Å²) in [6.45, 7) is 6.15. The molecule has 35 heavy (non-hydrogen) atoms. The van der Waals surface area contributed by atoms with Gasteiger partial charge in [-0.25, -0.2) is 13.4 Å². The number of hydrogen-bond donors (Lipinski definition) is 1. The molecule has 0 spiro atoms. The van der Waals surface area contributed by atoms with Crippen molar-refractivity contribution in [3.05, 3.63) is 59.0 Å². The summed E-state index contributed by atoms with van der Waals surface area (Å²) in [5.74, 6) is -0.427. The first kappa shape index (κ1) is 24.9. The second kappa shape index (κ2) is 10.6. The SMILES string of the molecule is CCN(CC)c1ccc(S(=O)(=O)N2CCCCC2)cc1NC(=O)Cn1c(=O)cnc2ccccc21. The standard InChI is InChI=1S/C25H31N5O4S/c1-3-28(4-2)22-13-12-19(35(33,34)29-14-8-5-9-15-29)16-21(22)27-24(31)18-30-23-11-7-6-10-20(23)26-17-25(30)32/h6-7,10-13,16-17H,3-5,8-9,14-15,18H2,1-2H3,(H,27,31). The van der Waals surface area contributed by atoms with Crippen molar-refractivity contribution in [3.63, 3.8) is 0 Å². The zero-order valence-electron chi connectivity index (χ0n) is 20.1. The van der Waals surface area contributed by atoms with Gasteiger partial charge in [-0.3, -0.25) is 14.2 Å². The van der Waals surface area contributed by atoms with E-state index in [2.05, 4.69) is 10.3 Å². The number of fused-ring (bicyclic) bond motifs is 1. The Hall–Kier alpha value is -3.24. The van der Waals surface area contributed by atoms with E-state index in [9.17, 15) is 18.0 Å². The van der Waals surface area contributed by atoms with Crippen molar-refractivity contribution in [2.45, 2.75) is 44.6 Å². The molecule has 0 radical (unpaired) electrons. The molecule has 1 amide bonds. The molecule has 1 aromatic heterocycles. The van der Waals surface area contributed by atoms with Gasteiger partial charge >= 0.3 is 0 Å². The zero-order valence-corrected chi connectivity index (χ0v) is 20.9. The van der Waals surface area contributed by atoms with Crippen molar-refractivity contribution in [1.29, 1.82) is 0 Å². The van der Waals surface area contributed by atoms with Gasteiger partial charge in [0.05, 0.1) is 33.5 Å². The zero-order chi connectivity index (χ0) is 25.0. The van der Waals surface area contributed by atoms with Crippen molar-refractivity contribution in [2.24, 2.45) is 0 Å². The van der Waals surface area contributed by atoms with Crippen molar-refractivity contribution >= 4 is 38.3 Å². The van der Waals surface area contributed by atoms with Crippen LogP contribution in [0.4, 0.5) is 11.4 Å². The number of aromatic nitrogens is 2. The Balaban J connectivity index is 1.68. The van der Waals surface area contributed by atoms with Gasteiger partial charge in [0.25, 0.3) is 5.56 Å².